The topological polar surface area (TPSA) is 73.2 Å². The van der Waals surface area contributed by atoms with Crippen LogP contribution in [0.15, 0.2) is 4.47 Å². The van der Waals surface area contributed by atoms with Crippen LogP contribution in [0, 0.1) is 5.41 Å². The first kappa shape index (κ1) is 15.7. The standard InChI is InChI=1S/C12H18BrN3O3/c1-12(2,3)7(17)6-14-10(18)9-8(13)11(19-5)16(4)15-9/h6H2,1-5H3,(H,14,18). The van der Waals surface area contributed by atoms with Crippen LogP contribution in [0.3, 0.4) is 0 Å². The van der Waals surface area contributed by atoms with Crippen LogP contribution in [0.25, 0.3) is 0 Å². The number of hydrogen-bond acceptors (Lipinski definition) is 4. The van der Waals surface area contributed by atoms with Crippen molar-refractivity contribution in [1.29, 1.82) is 0 Å². The van der Waals surface area contributed by atoms with Gasteiger partial charge in [0, 0.05) is 12.5 Å². The van der Waals surface area contributed by atoms with Crippen molar-refractivity contribution < 1.29 is 14.3 Å². The van der Waals surface area contributed by atoms with Crippen LogP contribution in [-0.2, 0) is 11.8 Å². The van der Waals surface area contributed by atoms with E-state index >= 15 is 0 Å². The van der Waals surface area contributed by atoms with Gasteiger partial charge < -0.3 is 10.1 Å². The van der Waals surface area contributed by atoms with Gasteiger partial charge in [0.1, 0.15) is 4.47 Å². The second-order valence-electron chi connectivity index (χ2n) is 5.15. The highest BCUT2D eigenvalue weighted by Crippen LogP contribution is 2.27. The smallest absolute Gasteiger partial charge is 0.273 e. The maximum absolute atomic E-state index is 12.0. The summed E-state index contributed by atoms with van der Waals surface area (Å²) in [6.45, 7) is 5.40. The van der Waals surface area contributed by atoms with E-state index in [1.54, 1.807) is 27.8 Å². The molecular weight excluding hydrogens is 314 g/mol. The largest absolute Gasteiger partial charge is 0.480 e. The lowest BCUT2D eigenvalue weighted by Gasteiger charge is -2.16. The fourth-order valence-electron chi connectivity index (χ4n) is 1.36. The Morgan fingerprint density at radius 2 is 2.00 bits per heavy atom. The summed E-state index contributed by atoms with van der Waals surface area (Å²) >= 11 is 3.26. The van der Waals surface area contributed by atoms with Crippen LogP contribution in [0.1, 0.15) is 31.3 Å². The van der Waals surface area contributed by atoms with E-state index in [4.69, 9.17) is 4.74 Å². The number of nitrogens with one attached hydrogen (secondary N) is 1. The molecule has 1 aromatic heterocycles. The van der Waals surface area contributed by atoms with Crippen molar-refractivity contribution in [1.82, 2.24) is 15.1 Å². The fourth-order valence-corrected chi connectivity index (χ4v) is 2.04. The summed E-state index contributed by atoms with van der Waals surface area (Å²) in [5.41, 5.74) is -0.284. The molecule has 1 heterocycles. The number of nitrogens with zero attached hydrogens (tertiary/aromatic N) is 2. The summed E-state index contributed by atoms with van der Waals surface area (Å²) in [7, 11) is 3.16. The number of aromatic nitrogens is 2. The molecule has 0 aliphatic carbocycles. The average molecular weight is 332 g/mol. The van der Waals surface area contributed by atoms with Crippen LogP contribution < -0.4 is 10.1 Å². The van der Waals surface area contributed by atoms with Crippen LogP contribution in [-0.4, -0.2) is 35.1 Å². The molecule has 0 atom stereocenters. The lowest BCUT2D eigenvalue weighted by atomic mass is 9.91. The lowest BCUT2D eigenvalue weighted by molar-refractivity contribution is -0.125. The van der Waals surface area contributed by atoms with Crippen molar-refractivity contribution in [2.45, 2.75) is 20.8 Å². The Bertz CT molecular complexity index is 503. The minimum absolute atomic E-state index is 0.0202. The molecule has 1 amide bonds. The van der Waals surface area contributed by atoms with Gasteiger partial charge in [0.2, 0.25) is 5.88 Å². The zero-order valence-electron chi connectivity index (χ0n) is 11.7. The highest BCUT2D eigenvalue weighted by Gasteiger charge is 2.24. The zero-order chi connectivity index (χ0) is 14.8. The van der Waals surface area contributed by atoms with Crippen molar-refractivity contribution >= 4 is 27.6 Å². The molecule has 0 bridgehead atoms. The van der Waals surface area contributed by atoms with Crippen LogP contribution in [0.4, 0.5) is 0 Å². The van der Waals surface area contributed by atoms with Gasteiger partial charge >= 0.3 is 0 Å². The van der Waals surface area contributed by atoms with Gasteiger partial charge in [-0.05, 0) is 15.9 Å². The molecule has 0 spiro atoms. The number of aryl methyl sites for hydroxylation is 1. The lowest BCUT2D eigenvalue weighted by Crippen LogP contribution is -2.35. The predicted octanol–water partition coefficient (Wildman–Crippen LogP) is 1.54. The first-order chi connectivity index (χ1) is 8.68. The van der Waals surface area contributed by atoms with E-state index in [2.05, 4.69) is 26.3 Å². The van der Waals surface area contributed by atoms with E-state index in [9.17, 15) is 9.59 Å². The Balaban J connectivity index is 2.78. The van der Waals surface area contributed by atoms with E-state index in [0.29, 0.717) is 10.4 Å². The molecule has 7 heteroatoms. The number of hydrogen-bond donors (Lipinski definition) is 1. The quantitative estimate of drug-likeness (QED) is 0.908. The molecule has 0 saturated heterocycles. The molecule has 6 nitrogen and oxygen atoms in total. The van der Waals surface area contributed by atoms with E-state index in [0.717, 1.165) is 0 Å². The number of amides is 1. The molecule has 0 saturated carbocycles. The molecule has 0 unspecified atom stereocenters. The van der Waals surface area contributed by atoms with E-state index in [-0.39, 0.29) is 18.0 Å². The van der Waals surface area contributed by atoms with Gasteiger partial charge in [-0.2, -0.15) is 5.10 Å². The summed E-state index contributed by atoms with van der Waals surface area (Å²) in [6, 6.07) is 0. The molecule has 0 fully saturated rings. The summed E-state index contributed by atoms with van der Waals surface area (Å²) in [4.78, 5) is 23.7. The number of carbonyl (C=O) groups excluding carboxylic acids is 2. The summed E-state index contributed by atoms with van der Waals surface area (Å²) < 4.78 is 7.01. The third-order valence-electron chi connectivity index (χ3n) is 2.59. The van der Waals surface area contributed by atoms with Crippen molar-refractivity contribution in [2.24, 2.45) is 12.5 Å². The minimum atomic E-state index is -0.480. The second kappa shape index (κ2) is 5.73. The average Bonchev–Trinajstić information content (AvgIpc) is 2.59. The van der Waals surface area contributed by atoms with Gasteiger partial charge in [-0.1, -0.05) is 20.8 Å². The van der Waals surface area contributed by atoms with Crippen molar-refractivity contribution in [3.8, 4) is 5.88 Å². The first-order valence-corrected chi connectivity index (χ1v) is 6.55. The maximum Gasteiger partial charge on any atom is 0.273 e. The normalized spacial score (nSPS) is 11.3. The molecular formula is C12H18BrN3O3. The van der Waals surface area contributed by atoms with E-state index < -0.39 is 11.3 Å². The summed E-state index contributed by atoms with van der Waals surface area (Å²) in [5.74, 6) is -0.00413. The van der Waals surface area contributed by atoms with E-state index in [1.165, 1.54) is 11.8 Å². The van der Waals surface area contributed by atoms with Gasteiger partial charge in [0.15, 0.2) is 11.5 Å². The van der Waals surface area contributed by atoms with Crippen LogP contribution in [0.2, 0.25) is 0 Å². The molecule has 106 valence electrons. The van der Waals surface area contributed by atoms with Gasteiger partial charge in [0.25, 0.3) is 5.91 Å². The molecule has 1 aromatic rings. The third kappa shape index (κ3) is 3.56. The van der Waals surface area contributed by atoms with Gasteiger partial charge in [-0.15, -0.1) is 0 Å². The maximum atomic E-state index is 12.0. The highest BCUT2D eigenvalue weighted by atomic mass is 79.9. The number of halogens is 1. The minimum Gasteiger partial charge on any atom is -0.480 e. The number of ether oxygens (including phenoxy) is 1. The van der Waals surface area contributed by atoms with Gasteiger partial charge in [-0.25, -0.2) is 4.68 Å². The number of methoxy groups -OCH3 is 1. The molecule has 19 heavy (non-hydrogen) atoms. The Kier molecular flexibility index (Phi) is 4.73. The second-order valence-corrected chi connectivity index (χ2v) is 5.94. The zero-order valence-corrected chi connectivity index (χ0v) is 13.3. The molecule has 0 aromatic carbocycles. The predicted molar refractivity (Wildman–Crippen MR) is 74.3 cm³/mol. The fraction of sp³-hybridized carbons (Fsp3) is 0.583. The van der Waals surface area contributed by atoms with Gasteiger partial charge in [0.05, 0.1) is 13.7 Å². The summed E-state index contributed by atoms with van der Waals surface area (Å²) in [6.07, 6.45) is 0. The Morgan fingerprint density at radius 3 is 2.42 bits per heavy atom. The van der Waals surface area contributed by atoms with Crippen molar-refractivity contribution in [2.75, 3.05) is 13.7 Å². The number of rotatable bonds is 4. The Morgan fingerprint density at radius 1 is 1.42 bits per heavy atom. The van der Waals surface area contributed by atoms with Crippen molar-refractivity contribution in [3.05, 3.63) is 10.2 Å². The molecule has 0 radical (unpaired) electrons. The molecule has 0 aliphatic heterocycles. The monoisotopic (exact) mass is 331 g/mol. The molecule has 0 aliphatic rings. The van der Waals surface area contributed by atoms with Crippen LogP contribution in [0.5, 0.6) is 5.88 Å². The Labute approximate surface area is 120 Å². The summed E-state index contributed by atoms with van der Waals surface area (Å²) in [5, 5.41) is 6.60. The third-order valence-corrected chi connectivity index (χ3v) is 3.31. The van der Waals surface area contributed by atoms with Crippen molar-refractivity contribution in [3.63, 3.8) is 0 Å². The first-order valence-electron chi connectivity index (χ1n) is 5.76. The SMILES string of the molecule is COc1c(Br)c(C(=O)NCC(=O)C(C)(C)C)nn1C. The molecule has 1 rings (SSSR count). The number of Topliss-reactive ketones (excluding diaryl/α,β-unsaturated/α-hetero) is 1. The highest BCUT2D eigenvalue weighted by molar-refractivity contribution is 9.10. The molecule has 1 N–H and O–H groups in total. The van der Waals surface area contributed by atoms with E-state index in [1.807, 2.05) is 0 Å². The number of carbonyl (C=O) groups is 2. The van der Waals surface area contributed by atoms with Gasteiger partial charge in [-0.3, -0.25) is 9.59 Å². The Hall–Kier alpha value is -1.37. The van der Waals surface area contributed by atoms with Crippen LogP contribution >= 0.6 is 15.9 Å². The number of ketones is 1.